The van der Waals surface area contributed by atoms with E-state index in [9.17, 15) is 4.79 Å². The van der Waals surface area contributed by atoms with Gasteiger partial charge in [-0.15, -0.1) is 12.4 Å². The van der Waals surface area contributed by atoms with Gasteiger partial charge in [0, 0.05) is 30.5 Å². The normalized spacial score (nSPS) is 17.3. The van der Waals surface area contributed by atoms with E-state index in [1.165, 1.54) is 5.56 Å². The van der Waals surface area contributed by atoms with Crippen LogP contribution in [0, 0.1) is 6.92 Å². The molecule has 27 heavy (non-hydrogen) atoms. The maximum atomic E-state index is 12.5. The van der Waals surface area contributed by atoms with Crippen LogP contribution >= 0.6 is 12.4 Å². The lowest BCUT2D eigenvalue weighted by atomic mass is 9.92. The van der Waals surface area contributed by atoms with E-state index < -0.39 is 0 Å². The first kappa shape index (κ1) is 21.4. The molecule has 2 aromatic rings. The monoisotopic (exact) mass is 392 g/mol. The Balaban J connectivity index is 0.00000261. The molecule has 0 bridgehead atoms. The Morgan fingerprint density at radius 2 is 2.04 bits per heavy atom. The van der Waals surface area contributed by atoms with E-state index >= 15 is 0 Å². The van der Waals surface area contributed by atoms with Gasteiger partial charge in [-0.3, -0.25) is 4.79 Å². The number of aryl methyl sites for hydroxylation is 1. The summed E-state index contributed by atoms with van der Waals surface area (Å²) in [5, 5.41) is 11.1. The lowest BCUT2D eigenvalue weighted by molar-refractivity contribution is -0.117. The van der Waals surface area contributed by atoms with Crippen LogP contribution in [0.2, 0.25) is 0 Å². The molecule has 2 heterocycles. The minimum absolute atomic E-state index is 0. The summed E-state index contributed by atoms with van der Waals surface area (Å²) >= 11 is 0. The van der Waals surface area contributed by atoms with Gasteiger partial charge >= 0.3 is 0 Å². The molecule has 148 valence electrons. The molecule has 1 saturated heterocycles. The highest BCUT2D eigenvalue weighted by Gasteiger charge is 2.23. The second kappa shape index (κ2) is 8.87. The van der Waals surface area contributed by atoms with Gasteiger partial charge in [-0.25, -0.2) is 4.68 Å². The molecule has 1 aromatic heterocycles. The Hall–Kier alpha value is -1.89. The molecule has 0 saturated carbocycles. The number of nitrogens with one attached hydrogen (secondary N) is 2. The van der Waals surface area contributed by atoms with Crippen LogP contribution in [0.4, 0.5) is 5.82 Å². The number of morpholine rings is 1. The van der Waals surface area contributed by atoms with Gasteiger partial charge in [0.25, 0.3) is 0 Å². The fourth-order valence-corrected chi connectivity index (χ4v) is 2.89. The zero-order chi connectivity index (χ0) is 18.7. The van der Waals surface area contributed by atoms with E-state index in [1.807, 2.05) is 35.0 Å². The Morgan fingerprint density at radius 3 is 2.63 bits per heavy atom. The van der Waals surface area contributed by atoms with Gasteiger partial charge < -0.3 is 15.4 Å². The molecule has 6 nitrogen and oxygen atoms in total. The quantitative estimate of drug-likeness (QED) is 0.838. The highest BCUT2D eigenvalue weighted by atomic mass is 35.5. The highest BCUT2D eigenvalue weighted by molar-refractivity contribution is 5.90. The van der Waals surface area contributed by atoms with Gasteiger partial charge in [0.1, 0.15) is 5.82 Å². The molecular weight excluding hydrogens is 364 g/mol. The van der Waals surface area contributed by atoms with Crippen LogP contribution in [0.15, 0.2) is 30.3 Å². The zero-order valence-electron chi connectivity index (χ0n) is 16.4. The largest absolute Gasteiger partial charge is 0.378 e. The standard InChI is InChI=1S/C20H28N4O2.ClH/c1-14-5-7-16(8-6-14)24-18(12-17(23-24)20(2,3)4)22-19(25)11-15-13-26-10-9-21-15;/h5-8,12,15,21H,9-11,13H2,1-4H3,(H,22,25);1H. The lowest BCUT2D eigenvalue weighted by Gasteiger charge is -2.23. The minimum Gasteiger partial charge on any atom is -0.378 e. The average Bonchev–Trinajstić information content (AvgIpc) is 3.00. The van der Waals surface area contributed by atoms with E-state index in [0.29, 0.717) is 25.5 Å². The Bertz CT molecular complexity index is 759. The van der Waals surface area contributed by atoms with Crippen molar-refractivity contribution >= 4 is 24.1 Å². The first-order valence-electron chi connectivity index (χ1n) is 9.11. The molecule has 1 amide bonds. The predicted molar refractivity (Wildman–Crippen MR) is 110 cm³/mol. The topological polar surface area (TPSA) is 68.2 Å². The van der Waals surface area contributed by atoms with Gasteiger partial charge in [-0.2, -0.15) is 5.10 Å². The van der Waals surface area contributed by atoms with E-state index in [0.717, 1.165) is 17.9 Å². The summed E-state index contributed by atoms with van der Waals surface area (Å²) in [6, 6.07) is 10.1. The number of benzene rings is 1. The summed E-state index contributed by atoms with van der Waals surface area (Å²) in [5.74, 6) is 0.655. The summed E-state index contributed by atoms with van der Waals surface area (Å²) < 4.78 is 7.23. The fraction of sp³-hybridized carbons (Fsp3) is 0.500. The maximum absolute atomic E-state index is 12.5. The fourth-order valence-electron chi connectivity index (χ4n) is 2.89. The van der Waals surface area contributed by atoms with Crippen LogP contribution in [0.3, 0.4) is 0 Å². The van der Waals surface area contributed by atoms with E-state index in [4.69, 9.17) is 9.84 Å². The number of halogens is 1. The van der Waals surface area contributed by atoms with Crippen molar-refractivity contribution in [3.8, 4) is 5.69 Å². The second-order valence-corrected chi connectivity index (χ2v) is 7.89. The smallest absolute Gasteiger partial charge is 0.227 e. The Labute approximate surface area is 167 Å². The van der Waals surface area contributed by atoms with E-state index in [1.54, 1.807) is 0 Å². The molecule has 7 heteroatoms. The third kappa shape index (κ3) is 5.54. The molecule has 0 spiro atoms. The molecule has 1 atom stereocenters. The molecule has 0 aliphatic carbocycles. The number of hydrogen-bond acceptors (Lipinski definition) is 4. The second-order valence-electron chi connectivity index (χ2n) is 7.89. The number of carbonyl (C=O) groups excluding carboxylic acids is 1. The SMILES string of the molecule is Cc1ccc(-n2nc(C(C)(C)C)cc2NC(=O)CC2COCCN2)cc1.Cl. The van der Waals surface area contributed by atoms with E-state index in [2.05, 4.69) is 38.3 Å². The van der Waals surface area contributed by atoms with Crippen molar-refractivity contribution in [2.75, 3.05) is 25.1 Å². The summed E-state index contributed by atoms with van der Waals surface area (Å²) in [6.45, 7) is 10.4. The molecule has 1 aliphatic heterocycles. The zero-order valence-corrected chi connectivity index (χ0v) is 17.2. The number of amides is 1. The van der Waals surface area contributed by atoms with Crippen LogP contribution in [-0.4, -0.2) is 41.5 Å². The first-order chi connectivity index (χ1) is 12.3. The van der Waals surface area contributed by atoms with Gasteiger partial charge in [-0.1, -0.05) is 38.5 Å². The third-order valence-corrected chi connectivity index (χ3v) is 4.45. The van der Waals surface area contributed by atoms with Crippen molar-refractivity contribution in [2.24, 2.45) is 0 Å². The predicted octanol–water partition coefficient (Wildman–Crippen LogP) is 3.22. The van der Waals surface area contributed by atoms with Crippen LogP contribution in [0.5, 0.6) is 0 Å². The number of carbonyl (C=O) groups is 1. The minimum atomic E-state index is -0.103. The molecular formula is C20H29ClN4O2. The van der Waals surface area contributed by atoms with Crippen LogP contribution in [-0.2, 0) is 14.9 Å². The Morgan fingerprint density at radius 1 is 1.33 bits per heavy atom. The van der Waals surface area contributed by atoms with Crippen molar-refractivity contribution in [1.29, 1.82) is 0 Å². The van der Waals surface area contributed by atoms with Crippen LogP contribution in [0.1, 0.15) is 38.4 Å². The number of nitrogens with zero attached hydrogens (tertiary/aromatic N) is 2. The van der Waals surface area contributed by atoms with Crippen molar-refractivity contribution in [3.63, 3.8) is 0 Å². The summed E-state index contributed by atoms with van der Waals surface area (Å²) in [4.78, 5) is 12.5. The van der Waals surface area contributed by atoms with Crippen molar-refractivity contribution in [2.45, 2.75) is 45.6 Å². The molecule has 3 rings (SSSR count). The summed E-state index contributed by atoms with van der Waals surface area (Å²) in [5.41, 5.74) is 2.95. The molecule has 1 unspecified atom stereocenters. The number of rotatable bonds is 4. The van der Waals surface area contributed by atoms with Gasteiger partial charge in [-0.05, 0) is 19.1 Å². The van der Waals surface area contributed by atoms with Crippen LogP contribution < -0.4 is 10.6 Å². The number of hydrogen-bond donors (Lipinski definition) is 2. The van der Waals surface area contributed by atoms with Gasteiger partial charge in [0.2, 0.25) is 5.91 Å². The van der Waals surface area contributed by atoms with E-state index in [-0.39, 0.29) is 29.8 Å². The number of ether oxygens (including phenoxy) is 1. The van der Waals surface area contributed by atoms with Crippen molar-refractivity contribution < 1.29 is 9.53 Å². The summed E-state index contributed by atoms with van der Waals surface area (Å²) in [7, 11) is 0. The van der Waals surface area contributed by atoms with Crippen molar-refractivity contribution in [3.05, 3.63) is 41.6 Å². The summed E-state index contributed by atoms with van der Waals surface area (Å²) in [6.07, 6.45) is 0.379. The number of aromatic nitrogens is 2. The molecule has 0 radical (unpaired) electrons. The molecule has 1 fully saturated rings. The lowest BCUT2D eigenvalue weighted by Crippen LogP contribution is -2.43. The first-order valence-corrected chi connectivity index (χ1v) is 9.11. The average molecular weight is 393 g/mol. The van der Waals surface area contributed by atoms with Crippen molar-refractivity contribution in [1.82, 2.24) is 15.1 Å². The molecule has 2 N–H and O–H groups in total. The highest BCUT2D eigenvalue weighted by Crippen LogP contribution is 2.26. The van der Waals surface area contributed by atoms with Gasteiger partial charge in [0.05, 0.1) is 24.6 Å². The molecule has 1 aromatic carbocycles. The third-order valence-electron chi connectivity index (χ3n) is 4.45. The van der Waals surface area contributed by atoms with Gasteiger partial charge in [0.15, 0.2) is 0 Å². The Kier molecular flexibility index (Phi) is 7.03. The van der Waals surface area contributed by atoms with Crippen LogP contribution in [0.25, 0.3) is 5.69 Å². The number of anilines is 1. The molecule has 1 aliphatic rings. The maximum Gasteiger partial charge on any atom is 0.227 e.